The van der Waals surface area contributed by atoms with Gasteiger partial charge in [-0.25, -0.2) is 4.79 Å². The quantitative estimate of drug-likeness (QED) is 0.804. The predicted molar refractivity (Wildman–Crippen MR) is 67.4 cm³/mol. The first kappa shape index (κ1) is 14.2. The van der Waals surface area contributed by atoms with E-state index in [4.69, 9.17) is 4.74 Å². The van der Waals surface area contributed by atoms with Gasteiger partial charge in [0.05, 0.1) is 0 Å². The first-order valence-corrected chi connectivity index (χ1v) is 5.54. The Balaban J connectivity index is 2.47. The van der Waals surface area contributed by atoms with Gasteiger partial charge in [-0.3, -0.25) is 4.79 Å². The summed E-state index contributed by atoms with van der Waals surface area (Å²) < 4.78 is 9.28. The molecule has 0 radical (unpaired) electrons. The predicted octanol–water partition coefficient (Wildman–Crippen LogP) is 1.43. The van der Waals surface area contributed by atoms with Crippen LogP contribution < -0.4 is 5.32 Å². The van der Waals surface area contributed by atoms with Crippen molar-refractivity contribution in [3.63, 3.8) is 0 Å². The lowest BCUT2D eigenvalue weighted by Crippen LogP contribution is -2.22. The SMILES string of the molecule is COCC(=O)OCC(=O)Nc1ccc(C)cc1C. The van der Waals surface area contributed by atoms with E-state index in [0.717, 1.165) is 11.1 Å². The van der Waals surface area contributed by atoms with Crippen molar-refractivity contribution in [2.45, 2.75) is 13.8 Å². The summed E-state index contributed by atoms with van der Waals surface area (Å²) >= 11 is 0. The van der Waals surface area contributed by atoms with E-state index in [1.54, 1.807) is 0 Å². The zero-order valence-corrected chi connectivity index (χ0v) is 10.8. The van der Waals surface area contributed by atoms with Crippen LogP contribution in [0.1, 0.15) is 11.1 Å². The molecule has 18 heavy (non-hydrogen) atoms. The number of nitrogens with one attached hydrogen (secondary N) is 1. The number of esters is 1. The third kappa shape index (κ3) is 4.55. The highest BCUT2D eigenvalue weighted by molar-refractivity contribution is 5.93. The smallest absolute Gasteiger partial charge is 0.332 e. The molecule has 1 aromatic carbocycles. The van der Waals surface area contributed by atoms with Crippen LogP contribution in [-0.2, 0) is 19.1 Å². The third-order valence-corrected chi connectivity index (χ3v) is 2.28. The Morgan fingerprint density at radius 2 is 1.94 bits per heavy atom. The fraction of sp³-hybridized carbons (Fsp3) is 0.385. The molecule has 0 bridgehead atoms. The van der Waals surface area contributed by atoms with E-state index in [9.17, 15) is 9.59 Å². The second kappa shape index (κ2) is 6.76. The number of aryl methyl sites for hydroxylation is 2. The number of carbonyl (C=O) groups is 2. The van der Waals surface area contributed by atoms with Crippen molar-refractivity contribution in [3.8, 4) is 0 Å². The lowest BCUT2D eigenvalue weighted by Gasteiger charge is -2.09. The van der Waals surface area contributed by atoms with Crippen LogP contribution in [-0.4, -0.2) is 32.2 Å². The Morgan fingerprint density at radius 3 is 2.56 bits per heavy atom. The van der Waals surface area contributed by atoms with Crippen molar-refractivity contribution >= 4 is 17.6 Å². The number of benzene rings is 1. The summed E-state index contributed by atoms with van der Waals surface area (Å²) in [6, 6.07) is 5.69. The molecule has 0 aliphatic carbocycles. The molecule has 1 amide bonds. The molecule has 0 aliphatic heterocycles. The molecule has 0 saturated carbocycles. The van der Waals surface area contributed by atoms with Gasteiger partial charge < -0.3 is 14.8 Å². The molecule has 0 atom stereocenters. The van der Waals surface area contributed by atoms with Crippen molar-refractivity contribution < 1.29 is 19.1 Å². The molecule has 1 N–H and O–H groups in total. The number of anilines is 1. The monoisotopic (exact) mass is 251 g/mol. The van der Waals surface area contributed by atoms with Gasteiger partial charge in [-0.1, -0.05) is 17.7 Å². The van der Waals surface area contributed by atoms with E-state index in [-0.39, 0.29) is 19.1 Å². The lowest BCUT2D eigenvalue weighted by molar-refractivity contribution is -0.150. The minimum atomic E-state index is -0.562. The Morgan fingerprint density at radius 1 is 1.22 bits per heavy atom. The third-order valence-electron chi connectivity index (χ3n) is 2.28. The van der Waals surface area contributed by atoms with Gasteiger partial charge in [0, 0.05) is 12.8 Å². The van der Waals surface area contributed by atoms with Crippen molar-refractivity contribution in [2.24, 2.45) is 0 Å². The Hall–Kier alpha value is -1.88. The maximum absolute atomic E-state index is 11.5. The van der Waals surface area contributed by atoms with Crippen LogP contribution in [0.5, 0.6) is 0 Å². The largest absolute Gasteiger partial charge is 0.454 e. The molecular weight excluding hydrogens is 234 g/mol. The van der Waals surface area contributed by atoms with Gasteiger partial charge in [0.2, 0.25) is 0 Å². The standard InChI is InChI=1S/C13H17NO4/c1-9-4-5-11(10(2)6-9)14-12(15)7-18-13(16)8-17-3/h4-6H,7-8H2,1-3H3,(H,14,15). The van der Waals surface area contributed by atoms with E-state index < -0.39 is 5.97 Å². The first-order valence-electron chi connectivity index (χ1n) is 5.54. The Kier molecular flexibility index (Phi) is 5.32. The van der Waals surface area contributed by atoms with E-state index in [1.165, 1.54) is 7.11 Å². The number of ether oxygens (including phenoxy) is 2. The highest BCUT2D eigenvalue weighted by Crippen LogP contribution is 2.15. The van der Waals surface area contributed by atoms with E-state index in [2.05, 4.69) is 10.1 Å². The van der Waals surface area contributed by atoms with Gasteiger partial charge in [-0.15, -0.1) is 0 Å². The van der Waals surface area contributed by atoms with Crippen molar-refractivity contribution in [3.05, 3.63) is 29.3 Å². The Labute approximate surface area is 106 Å². The van der Waals surface area contributed by atoms with Gasteiger partial charge >= 0.3 is 5.97 Å². The molecule has 98 valence electrons. The summed E-state index contributed by atoms with van der Waals surface area (Å²) in [4.78, 5) is 22.5. The minimum absolute atomic E-state index is 0.156. The highest BCUT2D eigenvalue weighted by Gasteiger charge is 2.08. The number of carbonyl (C=O) groups excluding carboxylic acids is 2. The fourth-order valence-electron chi connectivity index (χ4n) is 1.45. The molecule has 0 spiro atoms. The van der Waals surface area contributed by atoms with Crippen molar-refractivity contribution in [2.75, 3.05) is 25.6 Å². The van der Waals surface area contributed by atoms with E-state index in [0.29, 0.717) is 5.69 Å². The molecule has 0 heterocycles. The molecule has 5 nitrogen and oxygen atoms in total. The molecular formula is C13H17NO4. The lowest BCUT2D eigenvalue weighted by atomic mass is 10.1. The summed E-state index contributed by atoms with van der Waals surface area (Å²) in [5.74, 6) is -0.931. The zero-order valence-electron chi connectivity index (χ0n) is 10.8. The van der Waals surface area contributed by atoms with Crippen LogP contribution >= 0.6 is 0 Å². The first-order chi connectivity index (χ1) is 8.52. The summed E-state index contributed by atoms with van der Waals surface area (Å²) in [6.07, 6.45) is 0. The number of methoxy groups -OCH3 is 1. The zero-order chi connectivity index (χ0) is 13.5. The van der Waals surface area contributed by atoms with Crippen LogP contribution in [0.25, 0.3) is 0 Å². The Bertz CT molecular complexity index is 443. The fourth-order valence-corrected chi connectivity index (χ4v) is 1.45. The molecule has 1 rings (SSSR count). The molecule has 0 saturated heterocycles. The van der Waals surface area contributed by atoms with Crippen LogP contribution in [0.15, 0.2) is 18.2 Å². The van der Waals surface area contributed by atoms with Crippen molar-refractivity contribution in [1.29, 1.82) is 0 Å². The normalized spacial score (nSPS) is 9.94. The molecule has 5 heteroatoms. The second-order valence-corrected chi connectivity index (χ2v) is 3.96. The van der Waals surface area contributed by atoms with Gasteiger partial charge in [0.15, 0.2) is 6.61 Å². The summed E-state index contributed by atoms with van der Waals surface area (Å²) in [5.41, 5.74) is 2.80. The van der Waals surface area contributed by atoms with Crippen LogP contribution in [0, 0.1) is 13.8 Å². The van der Waals surface area contributed by atoms with Gasteiger partial charge in [0.25, 0.3) is 5.91 Å². The van der Waals surface area contributed by atoms with Crippen LogP contribution in [0.3, 0.4) is 0 Å². The van der Waals surface area contributed by atoms with E-state index in [1.807, 2.05) is 32.0 Å². The molecule has 0 fully saturated rings. The maximum Gasteiger partial charge on any atom is 0.332 e. The van der Waals surface area contributed by atoms with Gasteiger partial charge in [0.1, 0.15) is 6.61 Å². The minimum Gasteiger partial charge on any atom is -0.454 e. The summed E-state index contributed by atoms with van der Waals surface area (Å²) in [7, 11) is 1.39. The summed E-state index contributed by atoms with van der Waals surface area (Å²) in [6.45, 7) is 3.41. The number of amides is 1. The maximum atomic E-state index is 11.5. The number of hydrogen-bond donors (Lipinski definition) is 1. The molecule has 0 aromatic heterocycles. The number of rotatable bonds is 5. The highest BCUT2D eigenvalue weighted by atomic mass is 16.6. The average molecular weight is 251 g/mol. The summed E-state index contributed by atoms with van der Waals surface area (Å²) in [5, 5.41) is 2.68. The van der Waals surface area contributed by atoms with Crippen molar-refractivity contribution in [1.82, 2.24) is 0 Å². The molecule has 0 unspecified atom stereocenters. The molecule has 0 aliphatic rings. The molecule has 1 aromatic rings. The number of hydrogen-bond acceptors (Lipinski definition) is 4. The topological polar surface area (TPSA) is 64.6 Å². The van der Waals surface area contributed by atoms with E-state index >= 15 is 0 Å². The van der Waals surface area contributed by atoms with Gasteiger partial charge in [-0.05, 0) is 25.5 Å². The average Bonchev–Trinajstić information content (AvgIpc) is 2.31. The van der Waals surface area contributed by atoms with Gasteiger partial charge in [-0.2, -0.15) is 0 Å². The second-order valence-electron chi connectivity index (χ2n) is 3.96. The van der Waals surface area contributed by atoms with Crippen LogP contribution in [0.2, 0.25) is 0 Å². The van der Waals surface area contributed by atoms with Crippen LogP contribution in [0.4, 0.5) is 5.69 Å².